The molecule has 0 amide bonds. The highest BCUT2D eigenvalue weighted by Crippen LogP contribution is 2.34. The molecule has 1 unspecified atom stereocenters. The maximum Gasteiger partial charge on any atom is 0.123 e. The van der Waals surface area contributed by atoms with Crippen molar-refractivity contribution in [3.63, 3.8) is 0 Å². The fourth-order valence-electron chi connectivity index (χ4n) is 2.82. The standard InChI is InChI=1S/C20H23N3S/c1-14-19(24-20(22-14)17-9-5-4-6-10-17)15(2)23(3)13-16-8-7-11-18(21)12-16/h4-12,15H,13,21H2,1-3H3. The number of hydrogen-bond donors (Lipinski definition) is 1. The van der Waals surface area contributed by atoms with Crippen LogP contribution in [0.5, 0.6) is 0 Å². The first kappa shape index (κ1) is 16.7. The van der Waals surface area contributed by atoms with Crippen LogP contribution < -0.4 is 5.73 Å². The first-order chi connectivity index (χ1) is 11.5. The zero-order valence-corrected chi connectivity index (χ0v) is 15.2. The van der Waals surface area contributed by atoms with Gasteiger partial charge in [0.2, 0.25) is 0 Å². The van der Waals surface area contributed by atoms with E-state index in [4.69, 9.17) is 10.7 Å². The highest BCUT2D eigenvalue weighted by Gasteiger charge is 2.19. The molecule has 0 spiro atoms. The van der Waals surface area contributed by atoms with Gasteiger partial charge in [-0.1, -0.05) is 42.5 Å². The van der Waals surface area contributed by atoms with Crippen molar-refractivity contribution < 1.29 is 0 Å². The van der Waals surface area contributed by atoms with E-state index in [2.05, 4.69) is 56.1 Å². The molecule has 1 aromatic heterocycles. The molecule has 2 N–H and O–H groups in total. The lowest BCUT2D eigenvalue weighted by molar-refractivity contribution is 0.255. The monoisotopic (exact) mass is 337 g/mol. The molecule has 0 saturated heterocycles. The van der Waals surface area contributed by atoms with Gasteiger partial charge >= 0.3 is 0 Å². The number of nitrogens with two attached hydrogens (primary N) is 1. The van der Waals surface area contributed by atoms with Gasteiger partial charge in [0.05, 0.1) is 5.69 Å². The molecule has 4 heteroatoms. The molecule has 0 bridgehead atoms. The Morgan fingerprint density at radius 1 is 1.12 bits per heavy atom. The average molecular weight is 337 g/mol. The summed E-state index contributed by atoms with van der Waals surface area (Å²) < 4.78 is 0. The number of hydrogen-bond acceptors (Lipinski definition) is 4. The first-order valence-corrected chi connectivity index (χ1v) is 8.93. The number of benzene rings is 2. The van der Waals surface area contributed by atoms with Crippen LogP contribution in [0.25, 0.3) is 10.6 Å². The van der Waals surface area contributed by atoms with E-state index < -0.39 is 0 Å². The second-order valence-corrected chi connectivity index (χ2v) is 7.20. The van der Waals surface area contributed by atoms with Crippen LogP contribution in [0.3, 0.4) is 0 Å². The van der Waals surface area contributed by atoms with Crippen molar-refractivity contribution in [2.24, 2.45) is 0 Å². The van der Waals surface area contributed by atoms with Crippen LogP contribution in [-0.2, 0) is 6.54 Å². The molecule has 1 atom stereocenters. The third-order valence-corrected chi connectivity index (χ3v) is 5.65. The number of nitrogens with zero attached hydrogens (tertiary/aromatic N) is 2. The number of nitrogen functional groups attached to an aromatic ring is 1. The summed E-state index contributed by atoms with van der Waals surface area (Å²) in [6, 6.07) is 18.8. The van der Waals surface area contributed by atoms with E-state index >= 15 is 0 Å². The van der Waals surface area contributed by atoms with Crippen LogP contribution in [0.2, 0.25) is 0 Å². The lowest BCUT2D eigenvalue weighted by Crippen LogP contribution is -2.21. The minimum absolute atomic E-state index is 0.307. The van der Waals surface area contributed by atoms with Crippen LogP contribution in [0.1, 0.15) is 29.1 Å². The zero-order valence-electron chi connectivity index (χ0n) is 14.4. The van der Waals surface area contributed by atoms with Crippen molar-refractivity contribution in [3.05, 3.63) is 70.7 Å². The van der Waals surface area contributed by atoms with Crippen LogP contribution in [0.4, 0.5) is 5.69 Å². The van der Waals surface area contributed by atoms with Crippen molar-refractivity contribution in [1.82, 2.24) is 9.88 Å². The first-order valence-electron chi connectivity index (χ1n) is 8.12. The molecule has 24 heavy (non-hydrogen) atoms. The molecule has 0 saturated carbocycles. The third-order valence-electron chi connectivity index (χ3n) is 4.28. The van der Waals surface area contributed by atoms with Crippen molar-refractivity contribution in [2.75, 3.05) is 12.8 Å². The molecule has 0 fully saturated rings. The quantitative estimate of drug-likeness (QED) is 0.674. The summed E-state index contributed by atoms with van der Waals surface area (Å²) in [6.45, 7) is 5.20. The average Bonchev–Trinajstić information content (AvgIpc) is 2.97. The molecule has 0 aliphatic heterocycles. The molecule has 0 aliphatic rings. The highest BCUT2D eigenvalue weighted by molar-refractivity contribution is 7.15. The van der Waals surface area contributed by atoms with E-state index in [1.54, 1.807) is 11.3 Å². The number of aryl methyl sites for hydroxylation is 1. The predicted octanol–water partition coefficient (Wildman–Crippen LogP) is 4.89. The van der Waals surface area contributed by atoms with Crippen molar-refractivity contribution in [2.45, 2.75) is 26.4 Å². The normalized spacial score (nSPS) is 12.5. The summed E-state index contributed by atoms with van der Waals surface area (Å²) in [5, 5.41) is 1.09. The van der Waals surface area contributed by atoms with Crippen molar-refractivity contribution in [3.8, 4) is 10.6 Å². The van der Waals surface area contributed by atoms with Crippen molar-refractivity contribution >= 4 is 17.0 Å². The van der Waals surface area contributed by atoms with Gasteiger partial charge in [-0.2, -0.15) is 0 Å². The van der Waals surface area contributed by atoms with Gasteiger partial charge in [0, 0.05) is 28.7 Å². The van der Waals surface area contributed by atoms with E-state index in [1.165, 1.54) is 16.0 Å². The SMILES string of the molecule is Cc1nc(-c2ccccc2)sc1C(C)N(C)Cc1cccc(N)c1. The Labute approximate surface area is 147 Å². The number of rotatable bonds is 5. The summed E-state index contributed by atoms with van der Waals surface area (Å²) in [6.07, 6.45) is 0. The summed E-state index contributed by atoms with van der Waals surface area (Å²) in [5.41, 5.74) is 10.2. The highest BCUT2D eigenvalue weighted by atomic mass is 32.1. The molecular weight excluding hydrogens is 314 g/mol. The Balaban J connectivity index is 1.79. The van der Waals surface area contributed by atoms with Gasteiger partial charge in [0.1, 0.15) is 5.01 Å². The minimum Gasteiger partial charge on any atom is -0.399 e. The molecule has 1 heterocycles. The lowest BCUT2D eigenvalue weighted by Gasteiger charge is -2.24. The summed E-state index contributed by atoms with van der Waals surface area (Å²) in [7, 11) is 2.15. The van der Waals surface area contributed by atoms with Crippen LogP contribution >= 0.6 is 11.3 Å². The predicted molar refractivity (Wildman–Crippen MR) is 103 cm³/mol. The smallest absolute Gasteiger partial charge is 0.123 e. The minimum atomic E-state index is 0.307. The second-order valence-electron chi connectivity index (χ2n) is 6.17. The van der Waals surface area contributed by atoms with E-state index in [0.29, 0.717) is 6.04 Å². The fraction of sp³-hybridized carbons (Fsp3) is 0.250. The Kier molecular flexibility index (Phi) is 4.97. The number of thiazole rings is 1. The van der Waals surface area contributed by atoms with Gasteiger partial charge in [-0.25, -0.2) is 4.98 Å². The molecule has 124 valence electrons. The molecule has 3 rings (SSSR count). The molecular formula is C20H23N3S. The summed E-state index contributed by atoms with van der Waals surface area (Å²) in [4.78, 5) is 8.43. The fourth-order valence-corrected chi connectivity index (χ4v) is 4.01. The second kappa shape index (κ2) is 7.16. The molecule has 2 aromatic carbocycles. The van der Waals surface area contributed by atoms with Crippen LogP contribution in [-0.4, -0.2) is 16.9 Å². The number of anilines is 1. The molecule has 3 nitrogen and oxygen atoms in total. The lowest BCUT2D eigenvalue weighted by atomic mass is 10.1. The van der Waals surface area contributed by atoms with E-state index in [-0.39, 0.29) is 0 Å². The topological polar surface area (TPSA) is 42.2 Å². The Hall–Kier alpha value is -2.17. The largest absolute Gasteiger partial charge is 0.399 e. The van der Waals surface area contributed by atoms with Crippen molar-refractivity contribution in [1.29, 1.82) is 0 Å². The summed E-state index contributed by atoms with van der Waals surface area (Å²) in [5.74, 6) is 0. The van der Waals surface area contributed by atoms with Gasteiger partial charge in [-0.3, -0.25) is 4.90 Å². The maximum absolute atomic E-state index is 5.89. The maximum atomic E-state index is 5.89. The van der Waals surface area contributed by atoms with Gasteiger partial charge < -0.3 is 5.73 Å². The Morgan fingerprint density at radius 2 is 1.88 bits per heavy atom. The van der Waals surface area contributed by atoms with Crippen LogP contribution in [0.15, 0.2) is 54.6 Å². The van der Waals surface area contributed by atoms with Crippen LogP contribution in [0, 0.1) is 6.92 Å². The van der Waals surface area contributed by atoms with Gasteiger partial charge in [-0.15, -0.1) is 11.3 Å². The molecule has 0 aliphatic carbocycles. The zero-order chi connectivity index (χ0) is 17.1. The van der Waals surface area contributed by atoms with Gasteiger partial charge in [0.15, 0.2) is 0 Å². The molecule has 0 radical (unpaired) electrons. The van der Waals surface area contributed by atoms with Gasteiger partial charge in [0.25, 0.3) is 0 Å². The molecule has 3 aromatic rings. The third kappa shape index (κ3) is 3.66. The van der Waals surface area contributed by atoms with E-state index in [0.717, 1.165) is 22.9 Å². The Bertz CT molecular complexity index is 811. The summed E-state index contributed by atoms with van der Waals surface area (Å²) >= 11 is 1.79. The van der Waals surface area contributed by atoms with E-state index in [9.17, 15) is 0 Å². The number of aromatic nitrogens is 1. The van der Waals surface area contributed by atoms with Gasteiger partial charge in [-0.05, 0) is 38.6 Å². The Morgan fingerprint density at radius 3 is 2.58 bits per heavy atom. The van der Waals surface area contributed by atoms with E-state index in [1.807, 2.05) is 24.3 Å².